The van der Waals surface area contributed by atoms with Crippen LogP contribution in [0.1, 0.15) is 38.1 Å². The van der Waals surface area contributed by atoms with Crippen molar-refractivity contribution in [3.05, 3.63) is 17.5 Å². The molecule has 0 saturated heterocycles. The van der Waals surface area contributed by atoms with Crippen LogP contribution in [0.4, 0.5) is 0 Å². The van der Waals surface area contributed by atoms with Crippen LogP contribution in [-0.2, 0) is 6.54 Å². The van der Waals surface area contributed by atoms with Crippen molar-refractivity contribution in [2.24, 2.45) is 5.73 Å². The average molecular weight is 211 g/mol. The van der Waals surface area contributed by atoms with Gasteiger partial charge in [-0.2, -0.15) is 0 Å². The van der Waals surface area contributed by atoms with E-state index in [4.69, 9.17) is 10.3 Å². The van der Waals surface area contributed by atoms with E-state index in [2.05, 4.69) is 30.8 Å². The van der Waals surface area contributed by atoms with Gasteiger partial charge in [-0.1, -0.05) is 25.9 Å². The monoisotopic (exact) mass is 211 g/mol. The zero-order chi connectivity index (χ0) is 11.3. The van der Waals surface area contributed by atoms with Gasteiger partial charge in [-0.15, -0.1) is 0 Å². The number of rotatable bonds is 6. The van der Waals surface area contributed by atoms with Crippen molar-refractivity contribution in [3.8, 4) is 0 Å². The van der Waals surface area contributed by atoms with Crippen molar-refractivity contribution in [3.63, 3.8) is 0 Å². The molecule has 1 heterocycles. The van der Waals surface area contributed by atoms with Crippen molar-refractivity contribution in [2.45, 2.75) is 33.2 Å². The van der Waals surface area contributed by atoms with Crippen LogP contribution < -0.4 is 5.73 Å². The summed E-state index contributed by atoms with van der Waals surface area (Å²) in [7, 11) is 0. The van der Waals surface area contributed by atoms with E-state index in [0.29, 0.717) is 12.5 Å². The van der Waals surface area contributed by atoms with E-state index >= 15 is 0 Å². The van der Waals surface area contributed by atoms with E-state index in [9.17, 15) is 0 Å². The van der Waals surface area contributed by atoms with E-state index in [0.717, 1.165) is 31.1 Å². The Morgan fingerprint density at radius 3 is 2.73 bits per heavy atom. The molecule has 86 valence electrons. The molecule has 0 aromatic carbocycles. The normalized spacial score (nSPS) is 11.6. The fraction of sp³-hybridized carbons (Fsp3) is 0.727. The maximum atomic E-state index is 5.53. The molecular formula is C11H21N3O. The number of hydrogen-bond donors (Lipinski definition) is 1. The van der Waals surface area contributed by atoms with Gasteiger partial charge in [0.1, 0.15) is 5.76 Å². The summed E-state index contributed by atoms with van der Waals surface area (Å²) in [6, 6.07) is 2.03. The van der Waals surface area contributed by atoms with Gasteiger partial charge in [0, 0.05) is 31.6 Å². The van der Waals surface area contributed by atoms with Gasteiger partial charge in [-0.05, 0) is 6.54 Å². The number of aromatic nitrogens is 1. The Morgan fingerprint density at radius 2 is 2.27 bits per heavy atom. The van der Waals surface area contributed by atoms with E-state index in [-0.39, 0.29) is 0 Å². The molecule has 0 atom stereocenters. The molecule has 15 heavy (non-hydrogen) atoms. The second kappa shape index (κ2) is 5.88. The van der Waals surface area contributed by atoms with Gasteiger partial charge in [0.15, 0.2) is 0 Å². The molecule has 2 N–H and O–H groups in total. The maximum absolute atomic E-state index is 5.53. The lowest BCUT2D eigenvalue weighted by atomic mass is 10.1. The average Bonchev–Trinajstić information content (AvgIpc) is 2.65. The first-order valence-electron chi connectivity index (χ1n) is 5.55. The van der Waals surface area contributed by atoms with E-state index < -0.39 is 0 Å². The van der Waals surface area contributed by atoms with Gasteiger partial charge >= 0.3 is 0 Å². The molecule has 0 amide bonds. The number of nitrogens with two attached hydrogens (primary N) is 1. The van der Waals surface area contributed by atoms with Crippen LogP contribution in [0.5, 0.6) is 0 Å². The molecule has 0 radical (unpaired) electrons. The number of nitrogens with zero attached hydrogens (tertiary/aromatic N) is 2. The summed E-state index contributed by atoms with van der Waals surface area (Å²) in [6.07, 6.45) is 0. The summed E-state index contributed by atoms with van der Waals surface area (Å²) < 4.78 is 5.24. The third-order valence-electron chi connectivity index (χ3n) is 2.42. The topological polar surface area (TPSA) is 55.3 Å². The largest absolute Gasteiger partial charge is 0.361 e. The fourth-order valence-electron chi connectivity index (χ4n) is 1.44. The molecule has 0 bridgehead atoms. The summed E-state index contributed by atoms with van der Waals surface area (Å²) in [5, 5.41) is 4.05. The number of hydrogen-bond acceptors (Lipinski definition) is 4. The lowest BCUT2D eigenvalue weighted by molar-refractivity contribution is 0.275. The van der Waals surface area contributed by atoms with Crippen molar-refractivity contribution in [1.29, 1.82) is 0 Å². The standard InChI is InChI=1S/C11H21N3O/c1-4-14(6-5-12)8-10-7-11(9(2)3)15-13-10/h7,9H,4-6,8,12H2,1-3H3. The molecule has 4 nitrogen and oxygen atoms in total. The van der Waals surface area contributed by atoms with Crippen molar-refractivity contribution in [1.82, 2.24) is 10.1 Å². The summed E-state index contributed by atoms with van der Waals surface area (Å²) in [6.45, 7) is 9.72. The van der Waals surface area contributed by atoms with E-state index in [1.807, 2.05) is 6.07 Å². The lowest BCUT2D eigenvalue weighted by Gasteiger charge is -2.17. The molecular weight excluding hydrogens is 190 g/mol. The molecule has 0 unspecified atom stereocenters. The first kappa shape index (κ1) is 12.2. The molecule has 0 fully saturated rings. The van der Waals surface area contributed by atoms with Crippen LogP contribution in [0.2, 0.25) is 0 Å². The molecule has 1 rings (SSSR count). The fourth-order valence-corrected chi connectivity index (χ4v) is 1.44. The minimum absolute atomic E-state index is 0.399. The van der Waals surface area contributed by atoms with Crippen molar-refractivity contribution in [2.75, 3.05) is 19.6 Å². The van der Waals surface area contributed by atoms with Crippen LogP contribution >= 0.6 is 0 Å². The molecule has 0 saturated carbocycles. The van der Waals surface area contributed by atoms with Gasteiger partial charge in [-0.3, -0.25) is 4.90 Å². The van der Waals surface area contributed by atoms with E-state index in [1.165, 1.54) is 0 Å². The molecule has 0 aliphatic rings. The Labute approximate surface area is 91.4 Å². The third kappa shape index (κ3) is 3.64. The van der Waals surface area contributed by atoms with Crippen LogP contribution in [0, 0.1) is 0 Å². The van der Waals surface area contributed by atoms with Crippen LogP contribution in [0.15, 0.2) is 10.6 Å². The quantitative estimate of drug-likeness (QED) is 0.776. The summed E-state index contributed by atoms with van der Waals surface area (Å²) in [4.78, 5) is 2.25. The van der Waals surface area contributed by atoms with Gasteiger partial charge in [0.05, 0.1) is 5.69 Å². The number of likely N-dealkylation sites (N-methyl/N-ethyl adjacent to an activating group) is 1. The van der Waals surface area contributed by atoms with Gasteiger partial charge in [0.2, 0.25) is 0 Å². The summed E-state index contributed by atoms with van der Waals surface area (Å²) in [5.74, 6) is 1.35. The zero-order valence-electron chi connectivity index (χ0n) is 9.86. The summed E-state index contributed by atoms with van der Waals surface area (Å²) in [5.41, 5.74) is 6.52. The van der Waals surface area contributed by atoms with Gasteiger partial charge in [-0.25, -0.2) is 0 Å². The third-order valence-corrected chi connectivity index (χ3v) is 2.42. The van der Waals surface area contributed by atoms with Gasteiger partial charge in [0.25, 0.3) is 0 Å². The van der Waals surface area contributed by atoms with Crippen LogP contribution in [-0.4, -0.2) is 29.7 Å². The predicted octanol–water partition coefficient (Wildman–Crippen LogP) is 1.58. The second-order valence-electron chi connectivity index (χ2n) is 4.03. The van der Waals surface area contributed by atoms with Crippen LogP contribution in [0.3, 0.4) is 0 Å². The maximum Gasteiger partial charge on any atom is 0.139 e. The summed E-state index contributed by atoms with van der Waals surface area (Å²) >= 11 is 0. The molecule has 0 aliphatic heterocycles. The Hall–Kier alpha value is -0.870. The SMILES string of the molecule is CCN(CCN)Cc1cc(C(C)C)on1. The highest BCUT2D eigenvalue weighted by Gasteiger charge is 2.10. The first-order chi connectivity index (χ1) is 7.17. The second-order valence-corrected chi connectivity index (χ2v) is 4.03. The highest BCUT2D eigenvalue weighted by molar-refractivity contribution is 5.08. The minimum atomic E-state index is 0.399. The molecule has 1 aromatic rings. The van der Waals surface area contributed by atoms with E-state index in [1.54, 1.807) is 0 Å². The predicted molar refractivity (Wildman–Crippen MR) is 60.6 cm³/mol. The molecule has 4 heteroatoms. The van der Waals surface area contributed by atoms with Crippen molar-refractivity contribution < 1.29 is 4.52 Å². The Bertz CT molecular complexity index is 283. The van der Waals surface area contributed by atoms with Crippen LogP contribution in [0.25, 0.3) is 0 Å². The molecule has 0 aliphatic carbocycles. The Kier molecular flexibility index (Phi) is 4.78. The lowest BCUT2D eigenvalue weighted by Crippen LogP contribution is -2.28. The smallest absolute Gasteiger partial charge is 0.139 e. The van der Waals surface area contributed by atoms with Crippen molar-refractivity contribution >= 4 is 0 Å². The highest BCUT2D eigenvalue weighted by atomic mass is 16.5. The molecule has 0 spiro atoms. The molecule has 1 aromatic heterocycles. The minimum Gasteiger partial charge on any atom is -0.361 e. The highest BCUT2D eigenvalue weighted by Crippen LogP contribution is 2.15. The zero-order valence-corrected chi connectivity index (χ0v) is 9.86. The first-order valence-corrected chi connectivity index (χ1v) is 5.55. The Morgan fingerprint density at radius 1 is 1.53 bits per heavy atom. The Balaban J connectivity index is 2.55. The van der Waals surface area contributed by atoms with Gasteiger partial charge < -0.3 is 10.3 Å².